The van der Waals surface area contributed by atoms with Crippen LogP contribution >= 0.6 is 12.0 Å². The molecule has 15 nitrogen and oxygen atoms in total. The first-order valence-electron chi connectivity index (χ1n) is 11.8. The molecule has 0 saturated heterocycles. The maximum atomic E-state index is 10.6. The summed E-state index contributed by atoms with van der Waals surface area (Å²) in [6.07, 6.45) is 1.16. The second-order valence-corrected chi connectivity index (χ2v) is 10.3. The summed E-state index contributed by atoms with van der Waals surface area (Å²) < 4.78 is 94.2. The van der Waals surface area contributed by atoms with Crippen LogP contribution in [0.25, 0.3) is 0 Å². The van der Waals surface area contributed by atoms with Gasteiger partial charge in [-0.3, -0.25) is 5.04 Å². The molecule has 39 heavy (non-hydrogen) atoms. The molecule has 0 aromatic heterocycles. The molecule has 0 heterocycles. The van der Waals surface area contributed by atoms with E-state index in [1.807, 2.05) is 0 Å². The van der Waals surface area contributed by atoms with Crippen LogP contribution in [0.15, 0.2) is 18.2 Å². The molecule has 228 valence electrons. The summed E-state index contributed by atoms with van der Waals surface area (Å²) >= 11 is -1.65. The second-order valence-electron chi connectivity index (χ2n) is 7.33. The van der Waals surface area contributed by atoms with Gasteiger partial charge >= 0.3 is 0 Å². The van der Waals surface area contributed by atoms with E-state index < -0.39 is 27.2 Å². The fraction of sp³-hybridized carbons (Fsp3) is 0.714. The van der Waals surface area contributed by atoms with Gasteiger partial charge in [-0.05, 0) is 19.3 Å². The van der Waals surface area contributed by atoms with Gasteiger partial charge in [-0.1, -0.05) is 0 Å². The van der Waals surface area contributed by atoms with Crippen LogP contribution in [0.3, 0.4) is 0 Å². The van der Waals surface area contributed by atoms with Gasteiger partial charge in [0.1, 0.15) is 37.1 Å². The van der Waals surface area contributed by atoms with Crippen LogP contribution in [-0.4, -0.2) is 99.3 Å². The number of hydrogen-bond donors (Lipinski definition) is 0. The molecule has 0 aliphatic carbocycles. The van der Waals surface area contributed by atoms with Crippen LogP contribution in [-0.2, 0) is 49.2 Å². The zero-order valence-electron chi connectivity index (χ0n) is 21.2. The fourth-order valence-electron chi connectivity index (χ4n) is 2.66. The molecule has 0 fully saturated rings. The van der Waals surface area contributed by atoms with E-state index in [9.17, 15) is 27.0 Å². The average molecular weight is 622 g/mol. The molecule has 1 unspecified atom stereocenters. The maximum absolute atomic E-state index is 10.6. The van der Waals surface area contributed by atoms with Gasteiger partial charge in [0.2, 0.25) is 0 Å². The zero-order chi connectivity index (χ0) is 28.6. The van der Waals surface area contributed by atoms with Crippen LogP contribution in [0, 0.1) is 0 Å². The van der Waals surface area contributed by atoms with Crippen molar-refractivity contribution >= 4 is 33.5 Å². The van der Waals surface area contributed by atoms with Crippen molar-refractivity contribution in [3.8, 4) is 17.2 Å². The minimum absolute atomic E-state index is 0.0337. The van der Waals surface area contributed by atoms with Crippen molar-refractivity contribution in [2.75, 3.05) is 77.6 Å². The largest absolute Gasteiger partial charge is 0.750 e. The molecule has 0 N–H and O–H groups in total. The van der Waals surface area contributed by atoms with Gasteiger partial charge in [0, 0.05) is 61.6 Å². The normalized spacial score (nSPS) is 12.4. The molecular formula is C21H33O15S3-3. The van der Waals surface area contributed by atoms with Crippen LogP contribution in [0.5, 0.6) is 17.2 Å². The molecule has 18 heteroatoms. The van der Waals surface area contributed by atoms with Crippen molar-refractivity contribution in [1.82, 2.24) is 0 Å². The summed E-state index contributed by atoms with van der Waals surface area (Å²) in [4.78, 5) is 0. The van der Waals surface area contributed by atoms with Crippen molar-refractivity contribution in [1.29, 1.82) is 0 Å². The molecule has 0 amide bonds. The highest BCUT2D eigenvalue weighted by Gasteiger charge is 2.06. The van der Waals surface area contributed by atoms with E-state index in [-0.39, 0.29) is 52.7 Å². The van der Waals surface area contributed by atoms with E-state index in [1.165, 1.54) is 0 Å². The third kappa shape index (κ3) is 23.1. The second kappa shape index (κ2) is 23.4. The zero-order valence-corrected chi connectivity index (χ0v) is 23.6. The third-order valence-electron chi connectivity index (χ3n) is 4.23. The smallest absolute Gasteiger partial charge is 0.126 e. The lowest BCUT2D eigenvalue weighted by Gasteiger charge is -2.14. The Bertz CT molecular complexity index is 872. The molecule has 0 aliphatic rings. The summed E-state index contributed by atoms with van der Waals surface area (Å²) in [5, 5.41) is 12.9. The highest BCUT2D eigenvalue weighted by Crippen LogP contribution is 2.28. The molecule has 1 atom stereocenters. The summed E-state index contributed by atoms with van der Waals surface area (Å²) in [7, 11) is -4.26. The van der Waals surface area contributed by atoms with Crippen molar-refractivity contribution in [3.05, 3.63) is 18.2 Å². The van der Waals surface area contributed by atoms with Crippen molar-refractivity contribution in [2.45, 2.75) is 19.3 Å². The van der Waals surface area contributed by atoms with Crippen LogP contribution in [0.4, 0.5) is 0 Å². The third-order valence-corrected chi connectivity index (χ3v) is 5.99. The Balaban J connectivity index is 2.44. The van der Waals surface area contributed by atoms with Crippen LogP contribution < -0.4 is 19.5 Å². The molecule has 0 radical (unpaired) electrons. The molecule has 0 aliphatic heterocycles. The predicted octanol–water partition coefficient (Wildman–Crippen LogP) is 0.271. The Hall–Kier alpha value is -1.29. The topological polar surface area (TPSA) is 203 Å². The lowest BCUT2D eigenvalue weighted by molar-refractivity contribution is -0.777. The first kappa shape index (κ1) is 35.7. The van der Waals surface area contributed by atoms with E-state index in [0.29, 0.717) is 55.7 Å². The quantitative estimate of drug-likeness (QED) is 0.0323. The monoisotopic (exact) mass is 621 g/mol. The summed E-state index contributed by atoms with van der Waals surface area (Å²) in [6, 6.07) is 4.97. The van der Waals surface area contributed by atoms with E-state index in [2.05, 4.69) is 13.6 Å². The summed E-state index contributed by atoms with van der Waals surface area (Å²) in [5.74, 6) is 1.41. The minimum Gasteiger partial charge on any atom is -0.750 e. The molecule has 0 spiro atoms. The summed E-state index contributed by atoms with van der Waals surface area (Å²) in [6.45, 7) is 2.26. The maximum Gasteiger partial charge on any atom is 0.126 e. The first-order chi connectivity index (χ1) is 18.8. The number of hydrogen-bond acceptors (Lipinski definition) is 16. The fourth-order valence-corrected chi connectivity index (χ4v) is 3.72. The number of benzene rings is 1. The number of rotatable bonds is 27. The minimum atomic E-state index is -4.26. The number of ether oxygens (including phenoxy) is 6. The standard InChI is InChI=1S/C21H36O15S3/c22-35-36-37-14-2-5-29-9-12-32-20-16-19(31-11-8-28-4-1-7-34-38(23)24)17-21(18-20)33-13-10-30-6-3-15-39(25,26)27/h16-18,22H,1-15H2,(H,23,24)(H,25,26,27)/p-3. The first-order valence-corrected chi connectivity index (χ1v) is 15.3. The Labute approximate surface area is 234 Å². The van der Waals surface area contributed by atoms with E-state index in [4.69, 9.17) is 28.4 Å². The van der Waals surface area contributed by atoms with Gasteiger partial charge in [-0.2, -0.15) is 4.33 Å². The van der Waals surface area contributed by atoms with Gasteiger partial charge in [-0.15, -0.1) is 0 Å². The lowest BCUT2D eigenvalue weighted by Crippen LogP contribution is -2.12. The molecule has 1 aromatic rings. The van der Waals surface area contributed by atoms with Gasteiger partial charge in [0.25, 0.3) is 0 Å². The lowest BCUT2D eigenvalue weighted by atomic mass is 10.3. The Morgan fingerprint density at radius 2 is 1.21 bits per heavy atom. The molecule has 0 saturated carbocycles. The van der Waals surface area contributed by atoms with E-state index >= 15 is 0 Å². The Morgan fingerprint density at radius 3 is 1.67 bits per heavy atom. The van der Waals surface area contributed by atoms with Crippen LogP contribution in [0.1, 0.15) is 19.3 Å². The van der Waals surface area contributed by atoms with Crippen molar-refractivity contribution in [3.63, 3.8) is 0 Å². The Kier molecular flexibility index (Phi) is 21.5. The highest BCUT2D eigenvalue weighted by molar-refractivity contribution is 7.94. The summed E-state index contributed by atoms with van der Waals surface area (Å²) in [5.41, 5.74) is 0. The molecule has 1 rings (SSSR count). The highest BCUT2D eigenvalue weighted by atomic mass is 32.2. The molecule has 1 aromatic carbocycles. The van der Waals surface area contributed by atoms with Gasteiger partial charge in [0.15, 0.2) is 0 Å². The van der Waals surface area contributed by atoms with Crippen molar-refractivity contribution in [2.24, 2.45) is 0 Å². The van der Waals surface area contributed by atoms with Gasteiger partial charge in [0.05, 0.1) is 47.9 Å². The SMILES string of the molecule is O=S([O-])OCCCOCCOc1cc(OCCOCCCSOO[O-])cc(OCCOCCCS(=O)(=O)[O-])c1. The van der Waals surface area contributed by atoms with E-state index in [1.54, 1.807) is 18.2 Å². The van der Waals surface area contributed by atoms with Crippen molar-refractivity contribution < 1.29 is 69.0 Å². The predicted molar refractivity (Wildman–Crippen MR) is 133 cm³/mol. The van der Waals surface area contributed by atoms with Crippen LogP contribution in [0.2, 0.25) is 0 Å². The molecule has 0 bridgehead atoms. The Morgan fingerprint density at radius 1 is 0.718 bits per heavy atom. The van der Waals surface area contributed by atoms with E-state index in [0.717, 1.165) is 12.0 Å². The average Bonchev–Trinajstić information content (AvgIpc) is 2.88. The molecular weight excluding hydrogens is 588 g/mol. The van der Waals surface area contributed by atoms with Gasteiger partial charge in [-0.25, -0.2) is 12.6 Å². The van der Waals surface area contributed by atoms with Gasteiger partial charge < -0.3 is 47.0 Å².